The Morgan fingerprint density at radius 1 is 1.22 bits per heavy atom. The van der Waals surface area contributed by atoms with Gasteiger partial charge in [-0.2, -0.15) is 18.3 Å². The molecule has 1 amide bonds. The molecule has 6 nitrogen and oxygen atoms in total. The number of aliphatic hydroxyl groups excluding tert-OH is 1. The van der Waals surface area contributed by atoms with Crippen LogP contribution in [0.3, 0.4) is 0 Å². The number of hydrogen-bond acceptors (Lipinski definition) is 4. The Bertz CT molecular complexity index is 807. The normalized spacial score (nSPS) is 16.2. The number of piperidine rings is 1. The first-order valence-corrected chi connectivity index (χ1v) is 8.77. The third-order valence-corrected chi connectivity index (χ3v) is 4.63. The molecule has 3 heterocycles. The number of aliphatic hydroxyl groups is 1. The molecule has 0 aromatic carbocycles. The van der Waals surface area contributed by atoms with Crippen LogP contribution < -0.4 is 0 Å². The molecule has 27 heavy (non-hydrogen) atoms. The molecule has 146 valence electrons. The van der Waals surface area contributed by atoms with Crippen molar-refractivity contribution in [3.8, 4) is 5.82 Å². The van der Waals surface area contributed by atoms with E-state index in [2.05, 4.69) is 10.1 Å². The van der Waals surface area contributed by atoms with Crippen LogP contribution in [0.15, 0.2) is 24.5 Å². The highest BCUT2D eigenvalue weighted by Gasteiger charge is 2.31. The van der Waals surface area contributed by atoms with Gasteiger partial charge in [-0.3, -0.25) is 4.79 Å². The second-order valence-corrected chi connectivity index (χ2v) is 6.94. The van der Waals surface area contributed by atoms with Gasteiger partial charge in [0.05, 0.1) is 29.1 Å². The molecule has 1 N–H and O–H groups in total. The Kier molecular flexibility index (Phi) is 5.23. The fourth-order valence-corrected chi connectivity index (χ4v) is 3.18. The SMILES string of the molecule is CC(C)c1c(C(=O)N2CCC(O)CC2)cnn1-c1ccc(C(F)(F)F)cn1. The van der Waals surface area contributed by atoms with Gasteiger partial charge in [0.1, 0.15) is 0 Å². The first kappa shape index (κ1) is 19.3. The van der Waals surface area contributed by atoms with Crippen LogP contribution >= 0.6 is 0 Å². The number of hydrogen-bond donors (Lipinski definition) is 1. The van der Waals surface area contributed by atoms with Crippen LogP contribution in [0.4, 0.5) is 13.2 Å². The summed E-state index contributed by atoms with van der Waals surface area (Å²) in [5.41, 5.74) is 0.161. The lowest BCUT2D eigenvalue weighted by Crippen LogP contribution is -2.40. The van der Waals surface area contributed by atoms with Crippen molar-refractivity contribution >= 4 is 5.91 Å². The average Bonchev–Trinajstić information content (AvgIpc) is 3.06. The molecule has 1 aliphatic rings. The topological polar surface area (TPSA) is 71.2 Å². The van der Waals surface area contributed by atoms with E-state index in [1.807, 2.05) is 13.8 Å². The highest BCUT2D eigenvalue weighted by molar-refractivity contribution is 5.95. The minimum absolute atomic E-state index is 0.0917. The highest BCUT2D eigenvalue weighted by atomic mass is 19.4. The van der Waals surface area contributed by atoms with Crippen molar-refractivity contribution in [2.45, 2.75) is 44.9 Å². The molecule has 0 bridgehead atoms. The summed E-state index contributed by atoms with van der Waals surface area (Å²) in [5.74, 6) is -0.0606. The first-order valence-electron chi connectivity index (χ1n) is 8.77. The first-order chi connectivity index (χ1) is 12.7. The zero-order chi connectivity index (χ0) is 19.8. The fourth-order valence-electron chi connectivity index (χ4n) is 3.18. The molecule has 0 spiro atoms. The van der Waals surface area contributed by atoms with Gasteiger partial charge in [-0.15, -0.1) is 0 Å². The maximum atomic E-state index is 12.9. The van der Waals surface area contributed by atoms with Gasteiger partial charge in [0.25, 0.3) is 5.91 Å². The van der Waals surface area contributed by atoms with Crippen molar-refractivity contribution in [1.82, 2.24) is 19.7 Å². The Balaban J connectivity index is 1.93. The maximum Gasteiger partial charge on any atom is 0.417 e. The van der Waals surface area contributed by atoms with Gasteiger partial charge in [0.15, 0.2) is 5.82 Å². The van der Waals surface area contributed by atoms with Crippen LogP contribution in [0.2, 0.25) is 0 Å². The monoisotopic (exact) mass is 382 g/mol. The maximum absolute atomic E-state index is 12.9. The van der Waals surface area contributed by atoms with E-state index in [0.717, 1.165) is 12.3 Å². The molecule has 3 rings (SSSR count). The van der Waals surface area contributed by atoms with E-state index in [1.54, 1.807) is 4.90 Å². The Labute approximate surface area is 154 Å². The van der Waals surface area contributed by atoms with Gasteiger partial charge in [0, 0.05) is 19.3 Å². The molecular weight excluding hydrogens is 361 g/mol. The molecule has 1 saturated heterocycles. The number of aromatic nitrogens is 3. The molecule has 1 fully saturated rings. The van der Waals surface area contributed by atoms with Gasteiger partial charge in [0.2, 0.25) is 0 Å². The van der Waals surface area contributed by atoms with Crippen LogP contribution in [-0.2, 0) is 6.18 Å². The number of halogens is 3. The van der Waals surface area contributed by atoms with Crippen LogP contribution in [0.25, 0.3) is 5.82 Å². The molecule has 0 aliphatic carbocycles. The van der Waals surface area contributed by atoms with Crippen molar-refractivity contribution in [3.05, 3.63) is 41.3 Å². The van der Waals surface area contributed by atoms with Crippen molar-refractivity contribution in [1.29, 1.82) is 0 Å². The molecule has 2 aromatic heterocycles. The summed E-state index contributed by atoms with van der Waals surface area (Å²) < 4.78 is 39.6. The largest absolute Gasteiger partial charge is 0.417 e. The van der Waals surface area contributed by atoms with Crippen LogP contribution in [-0.4, -0.2) is 49.9 Å². The van der Waals surface area contributed by atoms with E-state index < -0.39 is 17.8 Å². The molecule has 0 unspecified atom stereocenters. The predicted molar refractivity (Wildman–Crippen MR) is 91.6 cm³/mol. The fraction of sp³-hybridized carbons (Fsp3) is 0.500. The van der Waals surface area contributed by atoms with Crippen molar-refractivity contribution in [2.24, 2.45) is 0 Å². The van der Waals surface area contributed by atoms with E-state index in [9.17, 15) is 23.1 Å². The lowest BCUT2D eigenvalue weighted by molar-refractivity contribution is -0.137. The van der Waals surface area contributed by atoms with Gasteiger partial charge >= 0.3 is 6.18 Å². The van der Waals surface area contributed by atoms with E-state index >= 15 is 0 Å². The highest BCUT2D eigenvalue weighted by Crippen LogP contribution is 2.30. The second kappa shape index (κ2) is 7.30. The third-order valence-electron chi connectivity index (χ3n) is 4.63. The Morgan fingerprint density at radius 2 is 1.89 bits per heavy atom. The number of amides is 1. The third kappa shape index (κ3) is 3.97. The quantitative estimate of drug-likeness (QED) is 0.886. The van der Waals surface area contributed by atoms with E-state index in [0.29, 0.717) is 37.2 Å². The van der Waals surface area contributed by atoms with Crippen molar-refractivity contribution < 1.29 is 23.1 Å². The van der Waals surface area contributed by atoms with Gasteiger partial charge in [-0.25, -0.2) is 9.67 Å². The lowest BCUT2D eigenvalue weighted by Gasteiger charge is -2.29. The molecule has 0 atom stereocenters. The van der Waals surface area contributed by atoms with Crippen molar-refractivity contribution in [2.75, 3.05) is 13.1 Å². The summed E-state index contributed by atoms with van der Waals surface area (Å²) in [7, 11) is 0. The van der Waals surface area contributed by atoms with Crippen LogP contribution in [0, 0.1) is 0 Å². The number of likely N-dealkylation sites (tertiary alicyclic amines) is 1. The van der Waals surface area contributed by atoms with Gasteiger partial charge in [-0.1, -0.05) is 13.8 Å². The van der Waals surface area contributed by atoms with E-state index in [4.69, 9.17) is 0 Å². The van der Waals surface area contributed by atoms with Crippen LogP contribution in [0.1, 0.15) is 54.2 Å². The van der Waals surface area contributed by atoms with E-state index in [1.165, 1.54) is 16.9 Å². The lowest BCUT2D eigenvalue weighted by atomic mass is 10.0. The molecule has 1 aliphatic heterocycles. The smallest absolute Gasteiger partial charge is 0.393 e. The summed E-state index contributed by atoms with van der Waals surface area (Å²) in [4.78, 5) is 18.4. The summed E-state index contributed by atoms with van der Waals surface area (Å²) in [6.07, 6.45) is -1.61. The summed E-state index contributed by atoms with van der Waals surface area (Å²) >= 11 is 0. The number of rotatable bonds is 3. The zero-order valence-electron chi connectivity index (χ0n) is 15.1. The summed E-state index contributed by atoms with van der Waals surface area (Å²) in [5, 5.41) is 13.8. The van der Waals surface area contributed by atoms with E-state index in [-0.39, 0.29) is 17.6 Å². The molecule has 0 radical (unpaired) electrons. The second-order valence-electron chi connectivity index (χ2n) is 6.94. The number of carbonyl (C=O) groups excluding carboxylic acids is 1. The van der Waals surface area contributed by atoms with Gasteiger partial charge < -0.3 is 10.0 Å². The number of nitrogens with zero attached hydrogens (tertiary/aromatic N) is 4. The summed E-state index contributed by atoms with van der Waals surface area (Å²) in [6.45, 7) is 4.69. The minimum Gasteiger partial charge on any atom is -0.393 e. The van der Waals surface area contributed by atoms with Gasteiger partial charge in [-0.05, 0) is 30.9 Å². The molecule has 2 aromatic rings. The number of alkyl halides is 3. The minimum atomic E-state index is -4.46. The molecule has 0 saturated carbocycles. The van der Waals surface area contributed by atoms with Crippen LogP contribution in [0.5, 0.6) is 0 Å². The predicted octanol–water partition coefficient (Wildman–Crippen LogP) is 3.01. The number of pyridine rings is 1. The molecule has 9 heteroatoms. The van der Waals surface area contributed by atoms with Crippen molar-refractivity contribution in [3.63, 3.8) is 0 Å². The Hall–Kier alpha value is -2.42. The standard InChI is InChI=1S/C18H21F3N4O2/c1-11(2)16-14(17(27)24-7-5-13(26)6-8-24)10-23-25(16)15-4-3-12(9-22-15)18(19,20)21/h3-4,9-11,13,26H,5-8H2,1-2H3. The average molecular weight is 382 g/mol. The molecular formula is C18H21F3N4O2. The zero-order valence-corrected chi connectivity index (χ0v) is 15.1. The number of carbonyl (C=O) groups is 1. The summed E-state index contributed by atoms with van der Waals surface area (Å²) in [6, 6.07) is 2.19. The Morgan fingerprint density at radius 3 is 2.41 bits per heavy atom.